The zero-order valence-electron chi connectivity index (χ0n) is 34.1. The molecule has 2 N–H and O–H groups in total. The number of carbonyl (C=O) groups excluding carboxylic acids is 3. The van der Waals surface area contributed by atoms with E-state index in [0.29, 0.717) is 36.9 Å². The van der Waals surface area contributed by atoms with Crippen molar-refractivity contribution in [2.45, 2.75) is 90.1 Å². The van der Waals surface area contributed by atoms with E-state index in [0.717, 1.165) is 71.0 Å². The van der Waals surface area contributed by atoms with Crippen molar-refractivity contribution in [1.29, 1.82) is 0 Å². The van der Waals surface area contributed by atoms with Gasteiger partial charge in [0.05, 0.1) is 48.9 Å². The number of H-pyrrole nitrogens is 2. The first-order chi connectivity index (χ1) is 27.9. The fourth-order valence-electron chi connectivity index (χ4n) is 10.00. The van der Waals surface area contributed by atoms with E-state index in [-0.39, 0.29) is 42.1 Å². The Bertz CT molecular complexity index is 2200. The first-order valence-corrected chi connectivity index (χ1v) is 20.7. The van der Waals surface area contributed by atoms with E-state index in [2.05, 4.69) is 77.3 Å². The van der Waals surface area contributed by atoms with Crippen LogP contribution in [0.4, 0.5) is 9.59 Å². The SMILES string of the molecule is COC(=O)N=CC(C(=O)N1[C@@H]2C(C)[C@@H]2C[C@H]1c1ncc(-c2ccc(-c3ccc(-c4cnc([C@@H]5C[C@H]6[C@@H](C)[C@H]6N5C(=O)OC(C)(C)C)[nH]4)cc3)cc2)[nH]1)C1CCOCC1. The lowest BCUT2D eigenvalue weighted by molar-refractivity contribution is -0.138. The second-order valence-electron chi connectivity index (χ2n) is 17.9. The minimum atomic E-state index is -0.706. The lowest BCUT2D eigenvalue weighted by Gasteiger charge is -2.34. The van der Waals surface area contributed by atoms with Gasteiger partial charge in [0.25, 0.3) is 0 Å². The molecular formula is C45H53N7O6. The summed E-state index contributed by atoms with van der Waals surface area (Å²) in [6, 6.07) is 16.9. The summed E-state index contributed by atoms with van der Waals surface area (Å²) in [6.45, 7) is 11.3. The average Bonchev–Trinajstić information content (AvgIpc) is 3.71. The highest BCUT2D eigenvalue weighted by atomic mass is 16.6. The van der Waals surface area contributed by atoms with E-state index in [1.807, 2.05) is 43.0 Å². The van der Waals surface area contributed by atoms with Crippen LogP contribution in [0.25, 0.3) is 33.6 Å². The number of carbonyl (C=O) groups is 3. The maximum Gasteiger partial charge on any atom is 0.432 e. The second-order valence-corrected chi connectivity index (χ2v) is 17.9. The van der Waals surface area contributed by atoms with Gasteiger partial charge in [0, 0.05) is 31.5 Å². The number of rotatable bonds is 8. The van der Waals surface area contributed by atoms with Crippen molar-refractivity contribution < 1.29 is 28.6 Å². The molecule has 2 saturated carbocycles. The minimum Gasteiger partial charge on any atom is -0.451 e. The molecule has 13 heteroatoms. The third-order valence-corrected chi connectivity index (χ3v) is 13.3. The number of hydrogen-bond acceptors (Lipinski definition) is 8. The molecule has 2 aromatic carbocycles. The predicted molar refractivity (Wildman–Crippen MR) is 217 cm³/mol. The number of nitrogens with zero attached hydrogens (tertiary/aromatic N) is 5. The standard InChI is InChI=1S/C45H53N7O6/c1-24-31-19-36(51(38(24)31)42(53)33(21-48-43(54)56-6)28-15-17-57-18-16-28)40-46-22-34(49-40)29-11-7-26(8-12-29)27-9-13-30(14-10-27)35-23-47-41(50-35)37-20-32-25(2)39(32)52(37)44(55)58-45(3,4)5/h7-14,21-25,28,31-33,36-39H,15-20H2,1-6H3,(H,46,49)(H,47,50)/t24?,25-,31+,32+,33?,36+,37+,38-,39-/m1/s1. The zero-order chi connectivity index (χ0) is 40.5. The van der Waals surface area contributed by atoms with Crippen LogP contribution in [0.2, 0.25) is 0 Å². The Morgan fingerprint density at radius 1 is 0.793 bits per heavy atom. The number of imidazole rings is 2. The van der Waals surface area contributed by atoms with E-state index in [1.54, 1.807) is 0 Å². The highest BCUT2D eigenvalue weighted by molar-refractivity contribution is 5.97. The average molecular weight is 788 g/mol. The smallest absolute Gasteiger partial charge is 0.432 e. The number of methoxy groups -OCH3 is 1. The van der Waals surface area contributed by atoms with Gasteiger partial charge in [-0.15, -0.1) is 0 Å². The summed E-state index contributed by atoms with van der Waals surface area (Å²) < 4.78 is 16.1. The molecule has 3 amide bonds. The number of nitrogens with one attached hydrogen (secondary N) is 2. The molecule has 9 rings (SSSR count). The molecule has 5 aliphatic rings. The fraction of sp³-hybridized carbons (Fsp3) is 0.511. The van der Waals surface area contributed by atoms with Gasteiger partial charge < -0.3 is 29.1 Å². The number of aliphatic imine (C=N–C) groups is 1. The van der Waals surface area contributed by atoms with Gasteiger partial charge in [-0.1, -0.05) is 62.4 Å². The Morgan fingerprint density at radius 2 is 1.28 bits per heavy atom. The molecular weight excluding hydrogens is 735 g/mol. The number of aromatic nitrogens is 4. The van der Waals surface area contributed by atoms with Crippen LogP contribution in [0.15, 0.2) is 65.9 Å². The van der Waals surface area contributed by atoms with Crippen LogP contribution in [0.3, 0.4) is 0 Å². The number of benzene rings is 2. The third-order valence-electron chi connectivity index (χ3n) is 13.3. The number of aromatic amines is 2. The first-order valence-electron chi connectivity index (χ1n) is 20.7. The predicted octanol–water partition coefficient (Wildman–Crippen LogP) is 8.24. The molecule has 5 fully saturated rings. The Hall–Kier alpha value is -5.30. The summed E-state index contributed by atoms with van der Waals surface area (Å²) in [5.74, 6) is 2.88. The third kappa shape index (κ3) is 7.11. The van der Waals surface area contributed by atoms with Gasteiger partial charge in [-0.05, 0) is 98.3 Å². The van der Waals surface area contributed by atoms with Gasteiger partial charge in [0.15, 0.2) is 0 Å². The summed E-state index contributed by atoms with van der Waals surface area (Å²) in [5.41, 5.74) is 5.44. The summed E-state index contributed by atoms with van der Waals surface area (Å²) in [6.07, 6.45) is 7.44. The maximum atomic E-state index is 14.4. The molecule has 0 bridgehead atoms. The van der Waals surface area contributed by atoms with Crippen molar-refractivity contribution in [2.24, 2.45) is 40.5 Å². The summed E-state index contributed by atoms with van der Waals surface area (Å²) in [4.78, 5) is 64.1. The molecule has 2 aromatic heterocycles. The molecule has 2 aliphatic carbocycles. The van der Waals surface area contributed by atoms with Crippen molar-refractivity contribution >= 4 is 24.3 Å². The number of ether oxygens (including phenoxy) is 3. The van der Waals surface area contributed by atoms with Crippen LogP contribution in [0.5, 0.6) is 0 Å². The van der Waals surface area contributed by atoms with E-state index in [1.165, 1.54) is 13.3 Å². The number of amides is 3. The van der Waals surface area contributed by atoms with Crippen LogP contribution in [-0.4, -0.2) is 92.1 Å². The van der Waals surface area contributed by atoms with Crippen LogP contribution in [0.1, 0.15) is 84.0 Å². The molecule has 9 atom stereocenters. The molecule has 2 unspecified atom stereocenters. The highest BCUT2D eigenvalue weighted by Gasteiger charge is 2.62. The maximum absolute atomic E-state index is 14.4. The van der Waals surface area contributed by atoms with Crippen LogP contribution in [0, 0.1) is 35.5 Å². The lowest BCUT2D eigenvalue weighted by atomic mass is 9.85. The number of likely N-dealkylation sites (tertiary alicyclic amines) is 2. The zero-order valence-corrected chi connectivity index (χ0v) is 34.1. The number of piperidine rings is 2. The number of fused-ring (bicyclic) bond motifs is 2. The van der Waals surface area contributed by atoms with Gasteiger partial charge in [-0.3, -0.25) is 9.69 Å². The molecule has 0 radical (unpaired) electrons. The van der Waals surface area contributed by atoms with Crippen LogP contribution < -0.4 is 0 Å². The molecule has 58 heavy (non-hydrogen) atoms. The number of hydrogen-bond donors (Lipinski definition) is 2. The van der Waals surface area contributed by atoms with Gasteiger partial charge in [-0.25, -0.2) is 19.6 Å². The van der Waals surface area contributed by atoms with Crippen LogP contribution in [-0.2, 0) is 19.0 Å². The van der Waals surface area contributed by atoms with E-state index in [9.17, 15) is 14.4 Å². The molecule has 3 aliphatic heterocycles. The van der Waals surface area contributed by atoms with Crippen molar-refractivity contribution in [3.8, 4) is 33.6 Å². The van der Waals surface area contributed by atoms with Gasteiger partial charge in [0.2, 0.25) is 5.91 Å². The molecule has 5 heterocycles. The van der Waals surface area contributed by atoms with Gasteiger partial charge in [0.1, 0.15) is 17.2 Å². The van der Waals surface area contributed by atoms with Crippen molar-refractivity contribution in [1.82, 2.24) is 29.7 Å². The van der Waals surface area contributed by atoms with E-state index < -0.39 is 17.6 Å². The Balaban J connectivity index is 0.878. The normalized spacial score (nSPS) is 28.3. The monoisotopic (exact) mass is 787 g/mol. The second kappa shape index (κ2) is 14.8. The molecule has 0 spiro atoms. The Kier molecular flexibility index (Phi) is 9.77. The molecule has 13 nitrogen and oxygen atoms in total. The lowest BCUT2D eigenvalue weighted by Crippen LogP contribution is -2.43. The molecule has 3 saturated heterocycles. The summed E-state index contributed by atoms with van der Waals surface area (Å²) in [7, 11) is 1.29. The van der Waals surface area contributed by atoms with Gasteiger partial charge in [-0.2, -0.15) is 4.99 Å². The highest BCUT2D eigenvalue weighted by Crippen LogP contribution is 2.59. The van der Waals surface area contributed by atoms with Crippen molar-refractivity contribution in [3.63, 3.8) is 0 Å². The Morgan fingerprint density at radius 3 is 1.78 bits per heavy atom. The van der Waals surface area contributed by atoms with Crippen molar-refractivity contribution in [3.05, 3.63) is 72.6 Å². The fourth-order valence-corrected chi connectivity index (χ4v) is 10.00. The van der Waals surface area contributed by atoms with Crippen molar-refractivity contribution in [2.75, 3.05) is 20.3 Å². The van der Waals surface area contributed by atoms with Gasteiger partial charge >= 0.3 is 12.2 Å². The largest absolute Gasteiger partial charge is 0.451 e. The van der Waals surface area contributed by atoms with Crippen LogP contribution >= 0.6 is 0 Å². The minimum absolute atomic E-state index is 0.00711. The summed E-state index contributed by atoms with van der Waals surface area (Å²) >= 11 is 0. The van der Waals surface area contributed by atoms with E-state index >= 15 is 0 Å². The molecule has 304 valence electrons. The summed E-state index contributed by atoms with van der Waals surface area (Å²) in [5, 5.41) is 0. The topological polar surface area (TPSA) is 155 Å². The van der Waals surface area contributed by atoms with E-state index in [4.69, 9.17) is 24.2 Å². The molecule has 4 aromatic rings. The quantitative estimate of drug-likeness (QED) is 0.169. The first kappa shape index (κ1) is 38.2. The Labute approximate surface area is 339 Å².